The van der Waals surface area contributed by atoms with E-state index in [1.54, 1.807) is 23.9 Å². The average Bonchev–Trinajstić information content (AvgIpc) is 2.71. The molecule has 1 aromatic heterocycles. The Morgan fingerprint density at radius 1 is 1.35 bits per heavy atom. The van der Waals surface area contributed by atoms with Crippen molar-refractivity contribution in [3.8, 4) is 0 Å². The maximum atomic E-state index is 12.8. The average molecular weight is 234 g/mol. The van der Waals surface area contributed by atoms with Gasteiger partial charge in [-0.3, -0.25) is 4.68 Å². The molecule has 0 aliphatic heterocycles. The summed E-state index contributed by atoms with van der Waals surface area (Å²) in [4.78, 5) is 0. The second-order valence-corrected chi connectivity index (χ2v) is 3.99. The summed E-state index contributed by atoms with van der Waals surface area (Å²) in [5, 5.41) is 14.5. The van der Waals surface area contributed by atoms with E-state index in [1.165, 1.54) is 12.1 Å². The van der Waals surface area contributed by atoms with Gasteiger partial charge in [-0.15, -0.1) is 0 Å². The quantitative estimate of drug-likeness (QED) is 0.884. The third-order valence-corrected chi connectivity index (χ3v) is 2.79. The van der Waals surface area contributed by atoms with Crippen LogP contribution in [0.3, 0.4) is 0 Å². The van der Waals surface area contributed by atoms with Crippen LogP contribution in [-0.2, 0) is 13.5 Å². The van der Waals surface area contributed by atoms with Gasteiger partial charge in [-0.05, 0) is 30.2 Å². The van der Waals surface area contributed by atoms with E-state index in [0.717, 1.165) is 12.1 Å². The first-order valence-corrected chi connectivity index (χ1v) is 5.58. The van der Waals surface area contributed by atoms with Crippen LogP contribution >= 0.6 is 0 Å². The van der Waals surface area contributed by atoms with Gasteiger partial charge < -0.3 is 5.11 Å². The first kappa shape index (κ1) is 11.8. The molecule has 0 saturated heterocycles. The van der Waals surface area contributed by atoms with Gasteiger partial charge in [-0.25, -0.2) is 4.39 Å². The number of benzene rings is 1. The Bertz CT molecular complexity index is 505. The van der Waals surface area contributed by atoms with Gasteiger partial charge in [0.05, 0.1) is 11.4 Å². The predicted molar refractivity (Wildman–Crippen MR) is 63.0 cm³/mol. The van der Waals surface area contributed by atoms with Crippen molar-refractivity contribution in [3.05, 3.63) is 53.1 Å². The molecule has 1 atom stereocenters. The van der Waals surface area contributed by atoms with Crippen LogP contribution in [0.1, 0.15) is 30.0 Å². The van der Waals surface area contributed by atoms with Gasteiger partial charge in [0.1, 0.15) is 11.9 Å². The van der Waals surface area contributed by atoms with Crippen LogP contribution in [0.2, 0.25) is 0 Å². The predicted octanol–water partition coefficient (Wildman–Crippen LogP) is 2.20. The Labute approximate surface area is 99.5 Å². The van der Waals surface area contributed by atoms with E-state index in [1.807, 2.05) is 13.0 Å². The standard InChI is InChI=1S/C13H15FN2O/c1-3-11-8-12(16(2)15-11)13(17)9-4-6-10(14)7-5-9/h4-8,13,17H,3H2,1-2H3. The lowest BCUT2D eigenvalue weighted by molar-refractivity contribution is 0.209. The van der Waals surface area contributed by atoms with E-state index in [0.29, 0.717) is 11.3 Å². The molecule has 0 bridgehead atoms. The van der Waals surface area contributed by atoms with E-state index in [4.69, 9.17) is 0 Å². The molecule has 0 amide bonds. The van der Waals surface area contributed by atoms with Crippen molar-refractivity contribution in [2.45, 2.75) is 19.4 Å². The van der Waals surface area contributed by atoms with Crippen molar-refractivity contribution in [2.24, 2.45) is 7.05 Å². The summed E-state index contributed by atoms with van der Waals surface area (Å²) < 4.78 is 14.5. The van der Waals surface area contributed by atoms with Gasteiger partial charge in [0.15, 0.2) is 0 Å². The third-order valence-electron chi connectivity index (χ3n) is 2.79. The Morgan fingerprint density at radius 2 is 2.00 bits per heavy atom. The second-order valence-electron chi connectivity index (χ2n) is 3.99. The summed E-state index contributed by atoms with van der Waals surface area (Å²) in [5.74, 6) is -0.305. The largest absolute Gasteiger partial charge is 0.382 e. The van der Waals surface area contributed by atoms with Gasteiger partial charge in [-0.1, -0.05) is 19.1 Å². The lowest BCUT2D eigenvalue weighted by atomic mass is 10.1. The second kappa shape index (κ2) is 4.67. The molecule has 0 aliphatic rings. The summed E-state index contributed by atoms with van der Waals surface area (Å²) >= 11 is 0. The zero-order chi connectivity index (χ0) is 12.4. The lowest BCUT2D eigenvalue weighted by Crippen LogP contribution is -2.06. The molecule has 0 spiro atoms. The molecule has 0 fully saturated rings. The molecular formula is C13H15FN2O. The highest BCUT2D eigenvalue weighted by Crippen LogP contribution is 2.22. The minimum Gasteiger partial charge on any atom is -0.382 e. The molecule has 1 aromatic carbocycles. The molecule has 17 heavy (non-hydrogen) atoms. The number of aryl methyl sites for hydroxylation is 2. The molecule has 4 heteroatoms. The molecule has 1 unspecified atom stereocenters. The molecule has 0 radical (unpaired) electrons. The van der Waals surface area contributed by atoms with Crippen LogP contribution in [0.4, 0.5) is 4.39 Å². The molecule has 1 N–H and O–H groups in total. The summed E-state index contributed by atoms with van der Waals surface area (Å²) in [6, 6.07) is 7.72. The van der Waals surface area contributed by atoms with Crippen molar-refractivity contribution in [1.82, 2.24) is 9.78 Å². The van der Waals surface area contributed by atoms with Crippen LogP contribution in [0.25, 0.3) is 0 Å². The number of rotatable bonds is 3. The van der Waals surface area contributed by atoms with Gasteiger partial charge in [0.25, 0.3) is 0 Å². The summed E-state index contributed by atoms with van der Waals surface area (Å²) in [6.07, 6.45) is 0.0534. The molecule has 2 aromatic rings. The van der Waals surface area contributed by atoms with E-state index in [9.17, 15) is 9.50 Å². The zero-order valence-electron chi connectivity index (χ0n) is 9.89. The number of hydrogen-bond donors (Lipinski definition) is 1. The number of hydrogen-bond acceptors (Lipinski definition) is 2. The molecule has 0 saturated carbocycles. The Hall–Kier alpha value is -1.68. The number of aliphatic hydroxyl groups is 1. The lowest BCUT2D eigenvalue weighted by Gasteiger charge is -2.10. The first-order valence-electron chi connectivity index (χ1n) is 5.58. The number of aromatic nitrogens is 2. The molecule has 2 rings (SSSR count). The first-order chi connectivity index (χ1) is 8.11. The highest BCUT2D eigenvalue weighted by molar-refractivity contribution is 5.27. The molecule has 90 valence electrons. The van der Waals surface area contributed by atoms with E-state index >= 15 is 0 Å². The minimum atomic E-state index is -0.770. The molecular weight excluding hydrogens is 219 g/mol. The Morgan fingerprint density at radius 3 is 2.53 bits per heavy atom. The topological polar surface area (TPSA) is 38.0 Å². The monoisotopic (exact) mass is 234 g/mol. The molecule has 1 heterocycles. The SMILES string of the molecule is CCc1cc(C(O)c2ccc(F)cc2)n(C)n1. The fraction of sp³-hybridized carbons (Fsp3) is 0.308. The van der Waals surface area contributed by atoms with E-state index < -0.39 is 6.10 Å². The highest BCUT2D eigenvalue weighted by Gasteiger charge is 2.15. The Kier molecular flexibility index (Phi) is 3.24. The number of nitrogens with zero attached hydrogens (tertiary/aromatic N) is 2. The third kappa shape index (κ3) is 2.36. The van der Waals surface area contributed by atoms with Gasteiger partial charge >= 0.3 is 0 Å². The number of aliphatic hydroxyl groups excluding tert-OH is 1. The van der Waals surface area contributed by atoms with Crippen molar-refractivity contribution in [1.29, 1.82) is 0 Å². The van der Waals surface area contributed by atoms with Gasteiger partial charge in [0, 0.05) is 7.05 Å². The summed E-state index contributed by atoms with van der Waals surface area (Å²) in [6.45, 7) is 2.01. The fourth-order valence-corrected chi connectivity index (χ4v) is 1.79. The fourth-order valence-electron chi connectivity index (χ4n) is 1.79. The van der Waals surface area contributed by atoms with Crippen molar-refractivity contribution >= 4 is 0 Å². The van der Waals surface area contributed by atoms with Crippen LogP contribution < -0.4 is 0 Å². The van der Waals surface area contributed by atoms with Gasteiger partial charge in [0.2, 0.25) is 0 Å². The van der Waals surface area contributed by atoms with Crippen molar-refractivity contribution in [2.75, 3.05) is 0 Å². The van der Waals surface area contributed by atoms with Crippen LogP contribution in [0, 0.1) is 5.82 Å². The number of halogens is 1. The van der Waals surface area contributed by atoms with E-state index in [-0.39, 0.29) is 5.82 Å². The van der Waals surface area contributed by atoms with Crippen LogP contribution in [0.15, 0.2) is 30.3 Å². The van der Waals surface area contributed by atoms with Crippen LogP contribution in [0.5, 0.6) is 0 Å². The van der Waals surface area contributed by atoms with Crippen molar-refractivity contribution < 1.29 is 9.50 Å². The maximum absolute atomic E-state index is 12.8. The molecule has 0 aliphatic carbocycles. The Balaban J connectivity index is 2.32. The normalized spacial score (nSPS) is 12.7. The van der Waals surface area contributed by atoms with Crippen LogP contribution in [-0.4, -0.2) is 14.9 Å². The van der Waals surface area contributed by atoms with E-state index in [2.05, 4.69) is 5.10 Å². The summed E-state index contributed by atoms with van der Waals surface area (Å²) in [5.41, 5.74) is 2.31. The van der Waals surface area contributed by atoms with Gasteiger partial charge in [-0.2, -0.15) is 5.10 Å². The summed E-state index contributed by atoms with van der Waals surface area (Å²) in [7, 11) is 1.79. The smallest absolute Gasteiger partial charge is 0.123 e. The van der Waals surface area contributed by atoms with Crippen molar-refractivity contribution in [3.63, 3.8) is 0 Å². The highest BCUT2D eigenvalue weighted by atomic mass is 19.1. The zero-order valence-corrected chi connectivity index (χ0v) is 9.89. The molecule has 3 nitrogen and oxygen atoms in total. The maximum Gasteiger partial charge on any atom is 0.123 e. The minimum absolute atomic E-state index is 0.305.